The van der Waals surface area contributed by atoms with Crippen LogP contribution in [0.4, 0.5) is 20.4 Å². The highest BCUT2D eigenvalue weighted by Gasteiger charge is 2.35. The molecule has 3 heterocycles. The number of aromatic nitrogens is 2. The van der Waals surface area contributed by atoms with Gasteiger partial charge >= 0.3 is 5.76 Å². The Labute approximate surface area is 198 Å². The van der Waals surface area contributed by atoms with E-state index in [1.165, 1.54) is 6.07 Å². The van der Waals surface area contributed by atoms with Crippen LogP contribution in [-0.4, -0.2) is 29.2 Å². The normalized spacial score (nSPS) is 16.4. The van der Waals surface area contributed by atoms with Gasteiger partial charge < -0.3 is 19.1 Å². The van der Waals surface area contributed by atoms with Gasteiger partial charge in [-0.15, -0.1) is 5.10 Å². The highest BCUT2D eigenvalue weighted by atomic mass is 19.3. The summed E-state index contributed by atoms with van der Waals surface area (Å²) in [4.78, 5) is 26.1. The number of fused-ring (bicyclic) bond motifs is 1. The third-order valence-corrected chi connectivity index (χ3v) is 6.23. The number of piperidine rings is 1. The van der Waals surface area contributed by atoms with E-state index >= 15 is 0 Å². The molecule has 10 heteroatoms. The van der Waals surface area contributed by atoms with Gasteiger partial charge in [0, 0.05) is 43.2 Å². The summed E-state index contributed by atoms with van der Waals surface area (Å²) in [6.07, 6.45) is -0.568. The lowest BCUT2D eigenvalue weighted by Crippen LogP contribution is -2.39. The average molecular weight is 482 g/mol. The standard InChI is InChI=1S/C25H24F2N4O4/c1-14-11-17(15(2)28-19-6-4-3-5-16(19)23-29-30-24(33)35-23)22-18(12-14)20(32)13-21(34-22)31-9-7-25(26,27)8-10-31/h3-6,11-13,15,28H,7-10H2,1-2H3,(H,30,33)/t15-/m0/s1. The van der Waals surface area contributed by atoms with E-state index in [9.17, 15) is 18.4 Å². The molecular formula is C25H24F2N4O4. The zero-order valence-corrected chi connectivity index (χ0v) is 19.2. The first-order valence-corrected chi connectivity index (χ1v) is 11.3. The van der Waals surface area contributed by atoms with Crippen LogP contribution < -0.4 is 21.4 Å². The monoisotopic (exact) mass is 482 g/mol. The third-order valence-electron chi connectivity index (χ3n) is 6.23. The molecule has 4 aromatic rings. The fraction of sp³-hybridized carbons (Fsp3) is 0.320. The number of aromatic amines is 1. The molecule has 1 atom stereocenters. The highest BCUT2D eigenvalue weighted by molar-refractivity contribution is 5.83. The largest absolute Gasteiger partial charge is 0.440 e. The number of alkyl halides is 2. The summed E-state index contributed by atoms with van der Waals surface area (Å²) in [7, 11) is 0. The second-order valence-corrected chi connectivity index (χ2v) is 8.85. The quantitative estimate of drug-likeness (QED) is 0.419. The molecule has 35 heavy (non-hydrogen) atoms. The fourth-order valence-corrected chi connectivity index (χ4v) is 4.41. The number of rotatable bonds is 5. The van der Waals surface area contributed by atoms with Crippen molar-refractivity contribution in [2.45, 2.75) is 38.7 Å². The Bertz CT molecular complexity index is 1500. The van der Waals surface area contributed by atoms with Crippen molar-refractivity contribution in [3.05, 3.63) is 74.4 Å². The minimum Gasteiger partial charge on any atom is -0.440 e. The molecule has 0 amide bonds. The number of nitrogens with zero attached hydrogens (tertiary/aromatic N) is 2. The van der Waals surface area contributed by atoms with E-state index in [-0.39, 0.29) is 49.2 Å². The maximum atomic E-state index is 13.6. The molecule has 0 bridgehead atoms. The number of H-pyrrole nitrogens is 1. The van der Waals surface area contributed by atoms with Gasteiger partial charge in [0.05, 0.1) is 17.0 Å². The van der Waals surface area contributed by atoms with E-state index in [0.717, 1.165) is 11.1 Å². The summed E-state index contributed by atoms with van der Waals surface area (Å²) < 4.78 is 38.6. The Kier molecular flexibility index (Phi) is 5.66. The molecule has 1 aliphatic heterocycles. The smallest absolute Gasteiger partial charge is 0.434 e. The highest BCUT2D eigenvalue weighted by Crippen LogP contribution is 2.34. The van der Waals surface area contributed by atoms with Crippen molar-refractivity contribution in [1.82, 2.24) is 10.2 Å². The van der Waals surface area contributed by atoms with Crippen LogP contribution in [0.25, 0.3) is 22.4 Å². The minimum atomic E-state index is -2.70. The van der Waals surface area contributed by atoms with Crippen LogP contribution in [0.3, 0.4) is 0 Å². The van der Waals surface area contributed by atoms with Gasteiger partial charge in [0.25, 0.3) is 11.8 Å². The van der Waals surface area contributed by atoms with Crippen LogP contribution in [0.15, 0.2) is 60.9 Å². The zero-order chi connectivity index (χ0) is 24.7. The number of nitrogens with one attached hydrogen (secondary N) is 2. The van der Waals surface area contributed by atoms with E-state index in [1.807, 2.05) is 32.0 Å². The molecule has 2 N–H and O–H groups in total. The lowest BCUT2D eigenvalue weighted by Gasteiger charge is -2.32. The van der Waals surface area contributed by atoms with Gasteiger partial charge in [0.2, 0.25) is 0 Å². The van der Waals surface area contributed by atoms with E-state index in [2.05, 4.69) is 15.5 Å². The van der Waals surface area contributed by atoms with Crippen molar-refractivity contribution in [2.24, 2.45) is 0 Å². The minimum absolute atomic E-state index is 0.110. The molecule has 0 unspecified atom stereocenters. The number of benzene rings is 2. The van der Waals surface area contributed by atoms with Crippen LogP contribution in [-0.2, 0) is 0 Å². The van der Waals surface area contributed by atoms with Crippen molar-refractivity contribution in [3.63, 3.8) is 0 Å². The van der Waals surface area contributed by atoms with Crippen molar-refractivity contribution in [3.8, 4) is 11.5 Å². The molecule has 1 saturated heterocycles. The topological polar surface area (TPSA) is 104 Å². The molecule has 0 spiro atoms. The van der Waals surface area contributed by atoms with E-state index in [4.69, 9.17) is 8.83 Å². The first kappa shape index (κ1) is 22.8. The molecule has 1 aliphatic rings. The van der Waals surface area contributed by atoms with Gasteiger partial charge in [0.1, 0.15) is 5.58 Å². The van der Waals surface area contributed by atoms with Gasteiger partial charge in [-0.3, -0.25) is 4.79 Å². The number of halogens is 2. The fourth-order valence-electron chi connectivity index (χ4n) is 4.41. The van der Waals surface area contributed by atoms with Crippen molar-refractivity contribution < 1.29 is 17.6 Å². The summed E-state index contributed by atoms with van der Waals surface area (Å²) in [6.45, 7) is 4.03. The van der Waals surface area contributed by atoms with E-state index < -0.39 is 11.7 Å². The Hall–Kier alpha value is -3.95. The van der Waals surface area contributed by atoms with Crippen LogP contribution in [0.2, 0.25) is 0 Å². The first-order chi connectivity index (χ1) is 16.7. The SMILES string of the molecule is Cc1cc([C@H](C)Nc2ccccc2-c2n[nH]c(=O)o2)c2oc(N3CCC(F)(F)CC3)cc(=O)c2c1. The van der Waals surface area contributed by atoms with Crippen LogP contribution >= 0.6 is 0 Å². The second kappa shape index (κ2) is 8.68. The Morgan fingerprint density at radius 3 is 2.57 bits per heavy atom. The molecule has 182 valence electrons. The summed E-state index contributed by atoms with van der Waals surface area (Å²) in [5.74, 6) is -2.92. The second-order valence-electron chi connectivity index (χ2n) is 8.85. The Balaban J connectivity index is 1.53. The average Bonchev–Trinajstić information content (AvgIpc) is 3.25. The third kappa shape index (κ3) is 4.55. The molecule has 5 rings (SSSR count). The molecule has 0 radical (unpaired) electrons. The lowest BCUT2D eigenvalue weighted by atomic mass is 10.0. The van der Waals surface area contributed by atoms with Gasteiger partial charge in [0.15, 0.2) is 11.3 Å². The maximum Gasteiger partial charge on any atom is 0.434 e. The van der Waals surface area contributed by atoms with Crippen LogP contribution in [0.5, 0.6) is 0 Å². The number of para-hydroxylation sites is 1. The molecule has 1 fully saturated rings. The summed E-state index contributed by atoms with van der Waals surface area (Å²) in [6, 6.07) is 12.0. The Morgan fingerprint density at radius 2 is 1.86 bits per heavy atom. The van der Waals surface area contributed by atoms with Crippen molar-refractivity contribution in [2.75, 3.05) is 23.3 Å². The number of hydrogen-bond donors (Lipinski definition) is 2. The van der Waals surface area contributed by atoms with Crippen molar-refractivity contribution >= 4 is 22.5 Å². The summed E-state index contributed by atoms with van der Waals surface area (Å²) >= 11 is 0. The van der Waals surface area contributed by atoms with Gasteiger partial charge in [-0.25, -0.2) is 18.7 Å². The Morgan fingerprint density at radius 1 is 1.11 bits per heavy atom. The van der Waals surface area contributed by atoms with Crippen molar-refractivity contribution in [1.29, 1.82) is 0 Å². The van der Waals surface area contributed by atoms with Gasteiger partial charge in [-0.2, -0.15) is 0 Å². The molecule has 0 aliphatic carbocycles. The predicted octanol–water partition coefficient (Wildman–Crippen LogP) is 4.85. The lowest BCUT2D eigenvalue weighted by molar-refractivity contribution is -0.0225. The molecule has 8 nitrogen and oxygen atoms in total. The van der Waals surface area contributed by atoms with E-state index in [0.29, 0.717) is 22.2 Å². The molecule has 2 aromatic heterocycles. The van der Waals surface area contributed by atoms with Gasteiger partial charge in [-0.1, -0.05) is 18.2 Å². The summed E-state index contributed by atoms with van der Waals surface area (Å²) in [5.41, 5.74) is 3.05. The summed E-state index contributed by atoms with van der Waals surface area (Å²) in [5, 5.41) is 9.99. The number of anilines is 2. The van der Waals surface area contributed by atoms with Crippen LogP contribution in [0, 0.1) is 6.92 Å². The van der Waals surface area contributed by atoms with E-state index in [1.54, 1.807) is 23.1 Å². The number of aryl methyl sites for hydroxylation is 1. The first-order valence-electron chi connectivity index (χ1n) is 11.3. The van der Waals surface area contributed by atoms with Crippen LogP contribution in [0.1, 0.15) is 36.9 Å². The van der Waals surface area contributed by atoms with Gasteiger partial charge in [-0.05, 0) is 37.6 Å². The maximum absolute atomic E-state index is 13.6. The molecule has 0 saturated carbocycles. The molecular weight excluding hydrogens is 458 g/mol. The predicted molar refractivity (Wildman–Crippen MR) is 128 cm³/mol. The number of hydrogen-bond acceptors (Lipinski definition) is 7. The zero-order valence-electron chi connectivity index (χ0n) is 19.2. The molecule has 2 aromatic carbocycles.